The zero-order valence-corrected chi connectivity index (χ0v) is 13.2. The minimum Gasteiger partial charge on any atom is -0.494 e. The molecule has 3 N–H and O–H groups in total. The molecule has 0 amide bonds. The molecule has 21 heavy (non-hydrogen) atoms. The van der Waals surface area contributed by atoms with Crippen LogP contribution in [0.15, 0.2) is 34.5 Å². The predicted molar refractivity (Wildman–Crippen MR) is 84.0 cm³/mol. The van der Waals surface area contributed by atoms with Crippen LogP contribution in [0.1, 0.15) is 4.88 Å². The maximum absolute atomic E-state index is 13.1. The van der Waals surface area contributed by atoms with Gasteiger partial charge in [-0.15, -0.1) is 11.3 Å². The molecule has 112 valence electrons. The first kappa shape index (κ1) is 15.7. The van der Waals surface area contributed by atoms with Crippen LogP contribution in [0.5, 0.6) is 5.75 Å². The predicted octanol–water partition coefficient (Wildman–Crippen LogP) is 2.33. The van der Waals surface area contributed by atoms with Crippen molar-refractivity contribution in [2.75, 3.05) is 11.8 Å². The van der Waals surface area contributed by atoms with Crippen molar-refractivity contribution >= 4 is 44.3 Å². The molecule has 5 nitrogen and oxygen atoms in total. The second kappa shape index (κ2) is 5.96. The number of methoxy groups -OCH3 is 1. The van der Waals surface area contributed by atoms with Gasteiger partial charge in [-0.3, -0.25) is 4.72 Å². The van der Waals surface area contributed by atoms with Crippen molar-refractivity contribution in [2.45, 2.75) is 4.21 Å². The van der Waals surface area contributed by atoms with Crippen LogP contribution in [0.3, 0.4) is 0 Å². The molecule has 0 aliphatic heterocycles. The van der Waals surface area contributed by atoms with E-state index in [1.165, 1.54) is 25.3 Å². The summed E-state index contributed by atoms with van der Waals surface area (Å²) < 4.78 is 45.0. The fourth-order valence-corrected chi connectivity index (χ4v) is 3.96. The quantitative estimate of drug-likeness (QED) is 0.812. The molecule has 0 saturated heterocycles. The largest absolute Gasteiger partial charge is 0.494 e. The van der Waals surface area contributed by atoms with Crippen LogP contribution in [0.2, 0.25) is 0 Å². The van der Waals surface area contributed by atoms with E-state index in [1.54, 1.807) is 0 Å². The van der Waals surface area contributed by atoms with Crippen LogP contribution in [0.25, 0.3) is 0 Å². The number of ether oxygens (including phenoxy) is 1. The lowest BCUT2D eigenvalue weighted by Crippen LogP contribution is -2.12. The van der Waals surface area contributed by atoms with E-state index in [2.05, 4.69) is 4.72 Å². The molecule has 1 heterocycles. The highest BCUT2D eigenvalue weighted by Gasteiger charge is 2.19. The zero-order chi connectivity index (χ0) is 15.6. The topological polar surface area (TPSA) is 81.4 Å². The van der Waals surface area contributed by atoms with E-state index in [9.17, 15) is 12.8 Å². The molecule has 0 spiro atoms. The Morgan fingerprint density at radius 2 is 2.10 bits per heavy atom. The molecule has 1 aromatic carbocycles. The number of anilines is 1. The van der Waals surface area contributed by atoms with Crippen LogP contribution in [-0.2, 0) is 10.0 Å². The molecule has 0 saturated carbocycles. The van der Waals surface area contributed by atoms with E-state index in [-0.39, 0.29) is 20.6 Å². The van der Waals surface area contributed by atoms with Crippen LogP contribution >= 0.6 is 23.6 Å². The van der Waals surface area contributed by atoms with E-state index < -0.39 is 15.8 Å². The third kappa shape index (κ3) is 3.49. The van der Waals surface area contributed by atoms with Gasteiger partial charge in [-0.1, -0.05) is 12.2 Å². The number of rotatable bonds is 5. The maximum atomic E-state index is 13.1. The Morgan fingerprint density at radius 3 is 2.67 bits per heavy atom. The number of halogens is 1. The van der Waals surface area contributed by atoms with Gasteiger partial charge in [-0.2, -0.15) is 0 Å². The molecule has 0 bridgehead atoms. The van der Waals surface area contributed by atoms with Crippen LogP contribution in [0, 0.1) is 5.82 Å². The minimum atomic E-state index is -3.82. The molecule has 0 aliphatic rings. The average molecular weight is 346 g/mol. The van der Waals surface area contributed by atoms with Gasteiger partial charge in [0.25, 0.3) is 10.0 Å². The van der Waals surface area contributed by atoms with Gasteiger partial charge in [0.05, 0.1) is 17.7 Å². The summed E-state index contributed by atoms with van der Waals surface area (Å²) in [5.74, 6) is -0.439. The van der Waals surface area contributed by atoms with Gasteiger partial charge in [0.1, 0.15) is 20.8 Å². The van der Waals surface area contributed by atoms with Gasteiger partial charge in [0, 0.05) is 6.07 Å². The Kier molecular flexibility index (Phi) is 4.45. The summed E-state index contributed by atoms with van der Waals surface area (Å²) in [6.45, 7) is 0. The van der Waals surface area contributed by atoms with Crippen molar-refractivity contribution in [1.82, 2.24) is 0 Å². The molecule has 1 aromatic heterocycles. The Labute approximate surface area is 130 Å². The number of hydrogen-bond acceptors (Lipinski definition) is 5. The van der Waals surface area contributed by atoms with Gasteiger partial charge >= 0.3 is 0 Å². The van der Waals surface area contributed by atoms with Crippen molar-refractivity contribution in [2.24, 2.45) is 5.73 Å². The third-order valence-corrected chi connectivity index (χ3v) is 5.82. The summed E-state index contributed by atoms with van der Waals surface area (Å²) in [5.41, 5.74) is 5.59. The van der Waals surface area contributed by atoms with E-state index in [0.717, 1.165) is 23.5 Å². The molecule has 9 heteroatoms. The standard InChI is InChI=1S/C12H11FN2O3S3/c1-18-9-6-7(13)2-3-8(9)15-21(16,17)11-5-4-10(20-11)12(14)19/h2-6,15H,1H3,(H2,14,19). The molecule has 0 fully saturated rings. The van der Waals surface area contributed by atoms with Crippen molar-refractivity contribution < 1.29 is 17.5 Å². The first-order chi connectivity index (χ1) is 9.83. The van der Waals surface area contributed by atoms with E-state index >= 15 is 0 Å². The summed E-state index contributed by atoms with van der Waals surface area (Å²) in [4.78, 5) is 0.622. The summed E-state index contributed by atoms with van der Waals surface area (Å²) >= 11 is 5.75. The Hall–Kier alpha value is -1.71. The Balaban J connectivity index is 2.35. The van der Waals surface area contributed by atoms with Gasteiger partial charge in [-0.05, 0) is 24.3 Å². The second-order valence-electron chi connectivity index (χ2n) is 3.93. The van der Waals surface area contributed by atoms with Crippen molar-refractivity contribution in [1.29, 1.82) is 0 Å². The number of hydrogen-bond donors (Lipinski definition) is 2. The fourth-order valence-electron chi connectivity index (χ4n) is 1.54. The normalized spacial score (nSPS) is 11.1. The highest BCUT2D eigenvalue weighted by atomic mass is 32.2. The molecular weight excluding hydrogens is 335 g/mol. The number of thiocarbonyl (C=S) groups is 1. The highest BCUT2D eigenvalue weighted by Crippen LogP contribution is 2.29. The minimum absolute atomic E-state index is 0.0525. The van der Waals surface area contributed by atoms with Crippen molar-refractivity contribution in [3.05, 3.63) is 41.0 Å². The number of sulfonamides is 1. The molecular formula is C12H11FN2O3S3. The van der Waals surface area contributed by atoms with E-state index in [4.69, 9.17) is 22.7 Å². The smallest absolute Gasteiger partial charge is 0.271 e. The SMILES string of the molecule is COc1cc(F)ccc1NS(=O)(=O)c1ccc(C(N)=S)s1. The van der Waals surface area contributed by atoms with Crippen LogP contribution < -0.4 is 15.2 Å². The maximum Gasteiger partial charge on any atom is 0.271 e. The van der Waals surface area contributed by atoms with Gasteiger partial charge in [-0.25, -0.2) is 12.8 Å². The first-order valence-corrected chi connectivity index (χ1v) is 8.30. The summed E-state index contributed by atoms with van der Waals surface area (Å²) in [5, 5.41) is 0. The average Bonchev–Trinajstić information content (AvgIpc) is 2.91. The third-order valence-electron chi connectivity index (χ3n) is 2.50. The highest BCUT2D eigenvalue weighted by molar-refractivity contribution is 7.94. The molecule has 0 aliphatic carbocycles. The van der Waals surface area contributed by atoms with Gasteiger partial charge in [0.15, 0.2) is 0 Å². The Morgan fingerprint density at radius 1 is 1.38 bits per heavy atom. The Bertz CT molecular complexity index is 787. The summed E-state index contributed by atoms with van der Waals surface area (Å²) in [7, 11) is -2.50. The molecule has 0 unspecified atom stereocenters. The van der Waals surface area contributed by atoms with Gasteiger partial charge < -0.3 is 10.5 Å². The second-order valence-corrected chi connectivity index (χ2v) is 7.37. The van der Waals surface area contributed by atoms with Crippen molar-refractivity contribution in [3.8, 4) is 5.75 Å². The van der Waals surface area contributed by atoms with Crippen LogP contribution in [-0.4, -0.2) is 20.5 Å². The summed E-state index contributed by atoms with van der Waals surface area (Å²) in [6.07, 6.45) is 0. The zero-order valence-electron chi connectivity index (χ0n) is 10.8. The summed E-state index contributed by atoms with van der Waals surface area (Å²) in [6, 6.07) is 6.44. The number of nitrogens with two attached hydrogens (primary N) is 1. The monoisotopic (exact) mass is 346 g/mol. The molecule has 2 rings (SSSR count). The number of thiophene rings is 1. The lowest BCUT2D eigenvalue weighted by Gasteiger charge is -2.10. The number of benzene rings is 1. The fraction of sp³-hybridized carbons (Fsp3) is 0.0833. The first-order valence-electron chi connectivity index (χ1n) is 5.59. The van der Waals surface area contributed by atoms with Crippen LogP contribution in [0.4, 0.5) is 10.1 Å². The lowest BCUT2D eigenvalue weighted by molar-refractivity contribution is 0.413. The van der Waals surface area contributed by atoms with E-state index in [1.807, 2.05) is 0 Å². The van der Waals surface area contributed by atoms with Gasteiger partial charge in [0.2, 0.25) is 0 Å². The molecule has 2 aromatic rings. The van der Waals surface area contributed by atoms with Crippen molar-refractivity contribution in [3.63, 3.8) is 0 Å². The van der Waals surface area contributed by atoms with E-state index in [0.29, 0.717) is 4.88 Å². The number of nitrogens with one attached hydrogen (secondary N) is 1. The molecule has 0 radical (unpaired) electrons. The molecule has 0 atom stereocenters. The lowest BCUT2D eigenvalue weighted by atomic mass is 10.3.